The van der Waals surface area contributed by atoms with Crippen molar-refractivity contribution < 1.29 is 24.1 Å². The van der Waals surface area contributed by atoms with Crippen molar-refractivity contribution >= 4 is 0 Å². The summed E-state index contributed by atoms with van der Waals surface area (Å²) in [4.78, 5) is 0. The second kappa shape index (κ2) is 6.32. The first-order valence-corrected chi connectivity index (χ1v) is 5.37. The molecule has 18 heavy (non-hydrogen) atoms. The number of aliphatic hydroxyl groups excluding tert-OH is 1. The molecule has 0 unspecified atom stereocenters. The summed E-state index contributed by atoms with van der Waals surface area (Å²) in [6.45, 7) is -0.234. The third kappa shape index (κ3) is 2.44. The fraction of sp³-hybridized carbons (Fsp3) is 0.500. The predicted molar refractivity (Wildman–Crippen MR) is 66.7 cm³/mol. The summed E-state index contributed by atoms with van der Waals surface area (Å²) in [6.07, 6.45) is 0. The van der Waals surface area contributed by atoms with Gasteiger partial charge in [-0.1, -0.05) is 0 Å². The SMILES string of the molecule is COc1cc(OC)c([C@H](N)CO)c(OC)c1OC. The van der Waals surface area contributed by atoms with Crippen LogP contribution in [0.25, 0.3) is 0 Å². The van der Waals surface area contributed by atoms with E-state index in [9.17, 15) is 5.11 Å². The van der Waals surface area contributed by atoms with Gasteiger partial charge in [0.05, 0.1) is 46.7 Å². The van der Waals surface area contributed by atoms with E-state index in [2.05, 4.69) is 0 Å². The molecule has 102 valence electrons. The van der Waals surface area contributed by atoms with Gasteiger partial charge in [0.2, 0.25) is 5.75 Å². The maximum absolute atomic E-state index is 9.21. The van der Waals surface area contributed by atoms with Crippen molar-refractivity contribution in [3.05, 3.63) is 11.6 Å². The summed E-state index contributed by atoms with van der Waals surface area (Å²) in [5.41, 5.74) is 6.40. The Hall–Kier alpha value is -1.66. The minimum atomic E-state index is -0.630. The first kappa shape index (κ1) is 14.4. The molecule has 0 radical (unpaired) electrons. The van der Waals surface area contributed by atoms with Crippen molar-refractivity contribution in [2.45, 2.75) is 6.04 Å². The lowest BCUT2D eigenvalue weighted by atomic mass is 10.0. The molecule has 0 fully saturated rings. The first-order chi connectivity index (χ1) is 8.64. The van der Waals surface area contributed by atoms with Crippen LogP contribution >= 0.6 is 0 Å². The Kier molecular flexibility index (Phi) is 5.06. The largest absolute Gasteiger partial charge is 0.496 e. The smallest absolute Gasteiger partial charge is 0.203 e. The van der Waals surface area contributed by atoms with E-state index in [0.29, 0.717) is 28.6 Å². The predicted octanol–water partition coefficient (Wildman–Crippen LogP) is 0.713. The zero-order chi connectivity index (χ0) is 13.7. The number of ether oxygens (including phenoxy) is 4. The van der Waals surface area contributed by atoms with Gasteiger partial charge >= 0.3 is 0 Å². The molecule has 0 aromatic heterocycles. The standard InChI is InChI=1S/C12H19NO5/c1-15-8-5-9(16-2)11(17-3)12(18-4)10(8)7(13)6-14/h5,7,14H,6,13H2,1-4H3/t7-/m1/s1. The molecule has 0 spiro atoms. The lowest BCUT2D eigenvalue weighted by Gasteiger charge is -2.21. The molecule has 1 aromatic carbocycles. The molecule has 1 aromatic rings. The summed E-state index contributed by atoms with van der Waals surface area (Å²) < 4.78 is 21.0. The van der Waals surface area contributed by atoms with Crippen LogP contribution in [0.5, 0.6) is 23.0 Å². The van der Waals surface area contributed by atoms with Gasteiger partial charge in [-0.2, -0.15) is 0 Å². The molecular formula is C12H19NO5. The Morgan fingerprint density at radius 3 is 1.94 bits per heavy atom. The molecule has 1 rings (SSSR count). The van der Waals surface area contributed by atoms with Crippen LogP contribution in [0.15, 0.2) is 6.07 Å². The second-order valence-electron chi connectivity index (χ2n) is 3.55. The number of benzene rings is 1. The van der Waals surface area contributed by atoms with Crippen LogP contribution in [0.1, 0.15) is 11.6 Å². The zero-order valence-corrected chi connectivity index (χ0v) is 11.0. The topological polar surface area (TPSA) is 83.2 Å². The number of aliphatic hydroxyl groups is 1. The Morgan fingerprint density at radius 2 is 1.56 bits per heavy atom. The monoisotopic (exact) mass is 257 g/mol. The van der Waals surface area contributed by atoms with Crippen LogP contribution in [0, 0.1) is 0 Å². The van der Waals surface area contributed by atoms with E-state index in [-0.39, 0.29) is 6.61 Å². The lowest BCUT2D eigenvalue weighted by molar-refractivity contribution is 0.257. The average molecular weight is 257 g/mol. The van der Waals surface area contributed by atoms with Gasteiger partial charge in [-0.3, -0.25) is 0 Å². The van der Waals surface area contributed by atoms with Crippen LogP contribution in [-0.4, -0.2) is 40.2 Å². The lowest BCUT2D eigenvalue weighted by Crippen LogP contribution is -2.17. The van der Waals surface area contributed by atoms with Crippen molar-refractivity contribution in [3.8, 4) is 23.0 Å². The summed E-state index contributed by atoms with van der Waals surface area (Å²) in [5.74, 6) is 1.76. The molecule has 0 aliphatic carbocycles. The van der Waals surface area contributed by atoms with Crippen molar-refractivity contribution in [2.24, 2.45) is 5.73 Å². The first-order valence-electron chi connectivity index (χ1n) is 5.37. The Bertz CT molecular complexity index is 408. The molecule has 0 amide bonds. The van der Waals surface area contributed by atoms with E-state index in [0.717, 1.165) is 0 Å². The van der Waals surface area contributed by atoms with E-state index in [1.165, 1.54) is 28.4 Å². The maximum Gasteiger partial charge on any atom is 0.203 e. The van der Waals surface area contributed by atoms with Crippen LogP contribution < -0.4 is 24.7 Å². The highest BCUT2D eigenvalue weighted by molar-refractivity contribution is 5.62. The Labute approximate surface area is 106 Å². The molecular weight excluding hydrogens is 238 g/mol. The molecule has 1 atom stereocenters. The van der Waals surface area contributed by atoms with Gasteiger partial charge < -0.3 is 29.8 Å². The highest BCUT2D eigenvalue weighted by Crippen LogP contribution is 2.46. The molecule has 0 heterocycles. The highest BCUT2D eigenvalue weighted by atomic mass is 16.5. The third-order valence-corrected chi connectivity index (χ3v) is 2.62. The minimum absolute atomic E-state index is 0.234. The van der Waals surface area contributed by atoms with Crippen LogP contribution in [0.3, 0.4) is 0 Å². The number of nitrogens with two attached hydrogens (primary N) is 1. The fourth-order valence-electron chi connectivity index (χ4n) is 1.77. The summed E-state index contributed by atoms with van der Waals surface area (Å²) in [5, 5.41) is 9.21. The molecule has 0 saturated carbocycles. The van der Waals surface area contributed by atoms with Crippen LogP contribution in [0.2, 0.25) is 0 Å². The molecule has 0 saturated heterocycles. The van der Waals surface area contributed by atoms with E-state index < -0.39 is 6.04 Å². The number of hydrogen-bond donors (Lipinski definition) is 2. The van der Waals surface area contributed by atoms with Crippen molar-refractivity contribution in [3.63, 3.8) is 0 Å². The fourth-order valence-corrected chi connectivity index (χ4v) is 1.77. The van der Waals surface area contributed by atoms with Crippen LogP contribution in [0.4, 0.5) is 0 Å². The van der Waals surface area contributed by atoms with Gasteiger partial charge in [-0.05, 0) is 0 Å². The summed E-state index contributed by atoms with van der Waals surface area (Å²) >= 11 is 0. The number of methoxy groups -OCH3 is 4. The van der Waals surface area contributed by atoms with E-state index in [4.69, 9.17) is 24.7 Å². The van der Waals surface area contributed by atoms with Gasteiger partial charge in [0.25, 0.3) is 0 Å². The second-order valence-corrected chi connectivity index (χ2v) is 3.55. The molecule has 0 aliphatic heterocycles. The van der Waals surface area contributed by atoms with Gasteiger partial charge in [-0.15, -0.1) is 0 Å². The third-order valence-electron chi connectivity index (χ3n) is 2.62. The zero-order valence-electron chi connectivity index (χ0n) is 11.0. The number of rotatable bonds is 6. The molecule has 0 bridgehead atoms. The summed E-state index contributed by atoms with van der Waals surface area (Å²) in [7, 11) is 6.02. The Balaban J connectivity index is 3.55. The average Bonchev–Trinajstić information content (AvgIpc) is 2.43. The van der Waals surface area contributed by atoms with Gasteiger partial charge in [-0.25, -0.2) is 0 Å². The van der Waals surface area contributed by atoms with Crippen LogP contribution in [-0.2, 0) is 0 Å². The summed E-state index contributed by atoms with van der Waals surface area (Å²) in [6, 6.07) is 1.02. The van der Waals surface area contributed by atoms with E-state index in [1.54, 1.807) is 6.07 Å². The molecule has 6 heteroatoms. The Morgan fingerprint density at radius 1 is 1.00 bits per heavy atom. The van der Waals surface area contributed by atoms with Gasteiger partial charge in [0.1, 0.15) is 5.75 Å². The van der Waals surface area contributed by atoms with Crippen molar-refractivity contribution in [1.82, 2.24) is 0 Å². The van der Waals surface area contributed by atoms with E-state index in [1.807, 2.05) is 0 Å². The van der Waals surface area contributed by atoms with E-state index >= 15 is 0 Å². The molecule has 6 nitrogen and oxygen atoms in total. The quantitative estimate of drug-likeness (QED) is 0.781. The number of hydrogen-bond acceptors (Lipinski definition) is 6. The minimum Gasteiger partial charge on any atom is -0.496 e. The molecule has 0 aliphatic rings. The van der Waals surface area contributed by atoms with Gasteiger partial charge in [0, 0.05) is 6.07 Å². The highest BCUT2D eigenvalue weighted by Gasteiger charge is 2.24. The maximum atomic E-state index is 9.21. The van der Waals surface area contributed by atoms with Gasteiger partial charge in [0.15, 0.2) is 11.5 Å². The van der Waals surface area contributed by atoms with Crippen molar-refractivity contribution in [2.75, 3.05) is 35.0 Å². The normalized spacial score (nSPS) is 11.9. The van der Waals surface area contributed by atoms with Crippen molar-refractivity contribution in [1.29, 1.82) is 0 Å². The molecule has 3 N–H and O–H groups in total.